The molecule has 0 spiro atoms. The van der Waals surface area contributed by atoms with Gasteiger partial charge in [-0.15, -0.1) is 0 Å². The summed E-state index contributed by atoms with van der Waals surface area (Å²) in [6, 6.07) is 7.53. The number of hydrogen-bond acceptors (Lipinski definition) is 6. The van der Waals surface area contributed by atoms with Crippen LogP contribution in [0.4, 0.5) is 8.78 Å². The fourth-order valence-corrected chi connectivity index (χ4v) is 1.27. The third kappa shape index (κ3) is 5.08. The Kier molecular flexibility index (Phi) is 5.33. The molecule has 0 saturated carbocycles. The summed E-state index contributed by atoms with van der Waals surface area (Å²) in [5.41, 5.74) is 0.133. The predicted molar refractivity (Wildman–Crippen MR) is 64.2 cm³/mol. The van der Waals surface area contributed by atoms with E-state index in [0.29, 0.717) is 0 Å². The summed E-state index contributed by atoms with van der Waals surface area (Å²) < 4.78 is 62.5. The molecule has 0 radical (unpaired) electrons. The Morgan fingerprint density at radius 2 is 1.71 bits per heavy atom. The molecule has 0 aliphatic rings. The number of carbonyl (C=O) groups excluding carboxylic acids is 2. The summed E-state index contributed by atoms with van der Waals surface area (Å²) in [5, 5.41) is -4.63. The first-order chi connectivity index (χ1) is 9.63. The van der Waals surface area contributed by atoms with E-state index in [2.05, 4.69) is 9.47 Å². The Labute approximate surface area is 118 Å². The predicted octanol–water partition coefficient (Wildman–Crippen LogP) is 0.867. The van der Waals surface area contributed by atoms with Gasteiger partial charge in [0.1, 0.15) is 0 Å². The van der Waals surface area contributed by atoms with E-state index in [1.807, 2.05) is 0 Å². The normalized spacial score (nSPS) is 11.8. The third-order valence-electron chi connectivity index (χ3n) is 2.11. The monoisotopic (exact) mass is 324 g/mol. The minimum atomic E-state index is -5.69. The lowest BCUT2D eigenvalue weighted by Crippen LogP contribution is -2.35. The SMILES string of the molecule is O=C(COC(=O)c1ccccc1)OCC(F)(F)S(=O)(=O)O. The number of rotatable bonds is 6. The molecule has 0 bridgehead atoms. The van der Waals surface area contributed by atoms with E-state index in [1.54, 1.807) is 18.2 Å². The molecule has 0 fully saturated rings. The average Bonchev–Trinajstić information content (AvgIpc) is 2.42. The molecule has 0 heterocycles. The molecular weight excluding hydrogens is 314 g/mol. The minimum absolute atomic E-state index is 0.133. The van der Waals surface area contributed by atoms with Crippen LogP contribution in [0.1, 0.15) is 10.4 Å². The summed E-state index contributed by atoms with van der Waals surface area (Å²) in [6.45, 7) is -2.86. The number of alkyl halides is 2. The van der Waals surface area contributed by atoms with E-state index in [9.17, 15) is 26.8 Å². The van der Waals surface area contributed by atoms with Gasteiger partial charge in [-0.3, -0.25) is 4.55 Å². The van der Waals surface area contributed by atoms with Crippen molar-refractivity contribution in [3.63, 3.8) is 0 Å². The Balaban J connectivity index is 2.44. The van der Waals surface area contributed by atoms with Crippen molar-refractivity contribution in [1.29, 1.82) is 0 Å². The fraction of sp³-hybridized carbons (Fsp3) is 0.273. The van der Waals surface area contributed by atoms with Crippen LogP contribution in [0.2, 0.25) is 0 Å². The van der Waals surface area contributed by atoms with Crippen molar-refractivity contribution < 1.29 is 40.8 Å². The molecule has 0 aliphatic carbocycles. The zero-order valence-corrected chi connectivity index (χ0v) is 11.2. The van der Waals surface area contributed by atoms with Crippen LogP contribution in [0.15, 0.2) is 30.3 Å². The second-order valence-electron chi connectivity index (χ2n) is 3.72. The Bertz CT molecular complexity index is 613. The number of halogens is 2. The molecule has 7 nitrogen and oxygen atoms in total. The largest absolute Gasteiger partial charge is 0.455 e. The van der Waals surface area contributed by atoms with E-state index in [1.165, 1.54) is 12.1 Å². The van der Waals surface area contributed by atoms with Crippen LogP contribution in [0.25, 0.3) is 0 Å². The van der Waals surface area contributed by atoms with Crippen LogP contribution in [-0.2, 0) is 24.4 Å². The summed E-state index contributed by atoms with van der Waals surface area (Å²) in [5.74, 6) is -2.27. The summed E-state index contributed by atoms with van der Waals surface area (Å²) >= 11 is 0. The molecule has 0 aliphatic heterocycles. The first-order valence-corrected chi connectivity index (χ1v) is 6.80. The smallest absolute Gasteiger partial charge is 0.402 e. The quantitative estimate of drug-likeness (QED) is 0.611. The van der Waals surface area contributed by atoms with Crippen LogP contribution in [0.3, 0.4) is 0 Å². The van der Waals surface area contributed by atoms with Gasteiger partial charge in [0.15, 0.2) is 13.2 Å². The maximum Gasteiger partial charge on any atom is 0.402 e. The molecule has 0 aromatic heterocycles. The standard InChI is InChI=1S/C11H10F2O7S/c12-11(13,21(16,17)18)7-20-9(14)6-19-10(15)8-4-2-1-3-5-8/h1-5H,6-7H2,(H,16,17,18). The van der Waals surface area contributed by atoms with Gasteiger partial charge in [0.2, 0.25) is 0 Å². The van der Waals surface area contributed by atoms with E-state index in [4.69, 9.17) is 4.55 Å². The number of esters is 2. The van der Waals surface area contributed by atoms with Crippen LogP contribution >= 0.6 is 0 Å². The average molecular weight is 324 g/mol. The van der Waals surface area contributed by atoms with Gasteiger partial charge in [-0.25, -0.2) is 9.59 Å². The second kappa shape index (κ2) is 6.59. The van der Waals surface area contributed by atoms with Gasteiger partial charge < -0.3 is 9.47 Å². The maximum atomic E-state index is 12.7. The van der Waals surface area contributed by atoms with E-state index in [0.717, 1.165) is 0 Å². The molecule has 21 heavy (non-hydrogen) atoms. The van der Waals surface area contributed by atoms with Gasteiger partial charge in [0.05, 0.1) is 5.56 Å². The lowest BCUT2D eigenvalue weighted by molar-refractivity contribution is -0.153. The topological polar surface area (TPSA) is 107 Å². The molecule has 1 N–H and O–H groups in total. The molecule has 116 valence electrons. The second-order valence-corrected chi connectivity index (χ2v) is 5.26. The molecule has 0 unspecified atom stereocenters. The van der Waals surface area contributed by atoms with Gasteiger partial charge in [-0.1, -0.05) is 18.2 Å². The zero-order chi connectivity index (χ0) is 16.1. The molecule has 0 amide bonds. The van der Waals surface area contributed by atoms with E-state index in [-0.39, 0.29) is 5.56 Å². The number of benzene rings is 1. The van der Waals surface area contributed by atoms with Gasteiger partial charge in [-0.2, -0.15) is 17.2 Å². The number of hydrogen-bond donors (Lipinski definition) is 1. The van der Waals surface area contributed by atoms with Gasteiger partial charge in [0, 0.05) is 0 Å². The highest BCUT2D eigenvalue weighted by Crippen LogP contribution is 2.20. The fourth-order valence-electron chi connectivity index (χ4n) is 1.06. The first-order valence-electron chi connectivity index (χ1n) is 5.36. The molecule has 10 heteroatoms. The summed E-state index contributed by atoms with van der Waals surface area (Å²) in [4.78, 5) is 22.4. The van der Waals surface area contributed by atoms with Gasteiger partial charge in [-0.05, 0) is 12.1 Å². The summed E-state index contributed by atoms with van der Waals surface area (Å²) in [7, 11) is -5.69. The third-order valence-corrected chi connectivity index (χ3v) is 2.98. The Morgan fingerprint density at radius 1 is 1.14 bits per heavy atom. The van der Waals surface area contributed by atoms with Crippen molar-refractivity contribution in [3.05, 3.63) is 35.9 Å². The van der Waals surface area contributed by atoms with Crippen molar-refractivity contribution in [1.82, 2.24) is 0 Å². The van der Waals surface area contributed by atoms with Crippen LogP contribution in [0.5, 0.6) is 0 Å². The first kappa shape index (κ1) is 17.0. The van der Waals surface area contributed by atoms with E-state index < -0.39 is 40.5 Å². The zero-order valence-electron chi connectivity index (χ0n) is 10.4. The highest BCUT2D eigenvalue weighted by Gasteiger charge is 2.45. The van der Waals surface area contributed by atoms with Crippen LogP contribution in [-0.4, -0.2) is 43.4 Å². The molecule has 1 aromatic carbocycles. The lowest BCUT2D eigenvalue weighted by Gasteiger charge is -2.12. The van der Waals surface area contributed by atoms with Crippen molar-refractivity contribution in [2.24, 2.45) is 0 Å². The molecule has 1 aromatic rings. The van der Waals surface area contributed by atoms with Crippen molar-refractivity contribution in [2.75, 3.05) is 13.2 Å². The molecule has 1 rings (SSSR count). The van der Waals surface area contributed by atoms with E-state index >= 15 is 0 Å². The highest BCUT2D eigenvalue weighted by atomic mass is 32.2. The van der Waals surface area contributed by atoms with Crippen LogP contribution < -0.4 is 0 Å². The highest BCUT2D eigenvalue weighted by molar-refractivity contribution is 7.86. The molecule has 0 atom stereocenters. The van der Waals surface area contributed by atoms with Crippen molar-refractivity contribution in [2.45, 2.75) is 5.25 Å². The van der Waals surface area contributed by atoms with Crippen molar-refractivity contribution in [3.8, 4) is 0 Å². The molecular formula is C11H10F2O7S. The number of ether oxygens (including phenoxy) is 2. The Hall–Kier alpha value is -2.07. The minimum Gasteiger partial charge on any atom is -0.455 e. The number of carbonyl (C=O) groups is 2. The summed E-state index contributed by atoms with van der Waals surface area (Å²) in [6.07, 6.45) is 0. The lowest BCUT2D eigenvalue weighted by atomic mass is 10.2. The Morgan fingerprint density at radius 3 is 2.24 bits per heavy atom. The maximum absolute atomic E-state index is 12.7. The van der Waals surface area contributed by atoms with Gasteiger partial charge in [0.25, 0.3) is 0 Å². The van der Waals surface area contributed by atoms with Crippen LogP contribution in [0, 0.1) is 0 Å². The van der Waals surface area contributed by atoms with Crippen molar-refractivity contribution >= 4 is 22.1 Å². The van der Waals surface area contributed by atoms with Gasteiger partial charge >= 0.3 is 27.3 Å². The molecule has 0 saturated heterocycles.